The summed E-state index contributed by atoms with van der Waals surface area (Å²) in [5, 5.41) is 2.98. The fourth-order valence-electron chi connectivity index (χ4n) is 2.23. The Morgan fingerprint density at radius 2 is 1.89 bits per heavy atom. The van der Waals surface area contributed by atoms with Gasteiger partial charge in [-0.05, 0) is 23.6 Å². The van der Waals surface area contributed by atoms with Crippen molar-refractivity contribution in [3.63, 3.8) is 0 Å². The van der Waals surface area contributed by atoms with Crippen molar-refractivity contribution in [2.24, 2.45) is 5.92 Å². The highest BCUT2D eigenvalue weighted by atomic mass is 16.5. The van der Waals surface area contributed by atoms with E-state index in [1.54, 1.807) is 6.92 Å². The van der Waals surface area contributed by atoms with Crippen molar-refractivity contribution < 1.29 is 14.3 Å². The molecule has 0 unspecified atom stereocenters. The second kappa shape index (κ2) is 5.95. The maximum absolute atomic E-state index is 11.3. The van der Waals surface area contributed by atoms with E-state index in [-0.39, 0.29) is 11.9 Å². The van der Waals surface area contributed by atoms with Crippen molar-refractivity contribution in [2.45, 2.75) is 33.2 Å². The van der Waals surface area contributed by atoms with E-state index >= 15 is 0 Å². The van der Waals surface area contributed by atoms with Crippen LogP contribution in [0.25, 0.3) is 0 Å². The third-order valence-electron chi connectivity index (χ3n) is 3.16. The Bertz CT molecular complexity index is 457. The predicted molar refractivity (Wildman–Crippen MR) is 73.4 cm³/mol. The number of nitrogens with one attached hydrogen (secondary N) is 1. The Kier molecular flexibility index (Phi) is 4.30. The summed E-state index contributed by atoms with van der Waals surface area (Å²) in [6, 6.07) is 5.89. The molecule has 0 aliphatic carbocycles. The van der Waals surface area contributed by atoms with Crippen molar-refractivity contribution in [2.75, 3.05) is 13.2 Å². The van der Waals surface area contributed by atoms with E-state index in [1.165, 1.54) is 0 Å². The van der Waals surface area contributed by atoms with Crippen LogP contribution in [0.5, 0.6) is 11.5 Å². The van der Waals surface area contributed by atoms with Crippen LogP contribution in [-0.2, 0) is 4.79 Å². The SMILES string of the molecule is CC(=O)N[C@H](c1ccc2c(c1)OCCCO2)C(C)C. The molecule has 0 saturated carbocycles. The van der Waals surface area contributed by atoms with Gasteiger partial charge in [0.2, 0.25) is 5.91 Å². The molecule has 1 aromatic carbocycles. The molecule has 0 fully saturated rings. The van der Waals surface area contributed by atoms with Gasteiger partial charge < -0.3 is 14.8 Å². The Morgan fingerprint density at radius 3 is 2.53 bits per heavy atom. The first kappa shape index (κ1) is 13.7. The third-order valence-corrected chi connectivity index (χ3v) is 3.16. The van der Waals surface area contributed by atoms with Gasteiger partial charge in [-0.3, -0.25) is 4.79 Å². The summed E-state index contributed by atoms with van der Waals surface area (Å²) in [5.74, 6) is 1.84. The lowest BCUT2D eigenvalue weighted by Crippen LogP contribution is -2.29. The minimum atomic E-state index is -0.0224. The van der Waals surface area contributed by atoms with Gasteiger partial charge in [0.15, 0.2) is 11.5 Å². The normalized spacial score (nSPS) is 15.8. The first-order valence-electron chi connectivity index (χ1n) is 6.74. The van der Waals surface area contributed by atoms with E-state index in [0.717, 1.165) is 23.5 Å². The monoisotopic (exact) mass is 263 g/mol. The van der Waals surface area contributed by atoms with Crippen LogP contribution in [0.15, 0.2) is 18.2 Å². The zero-order valence-electron chi connectivity index (χ0n) is 11.7. The summed E-state index contributed by atoms with van der Waals surface area (Å²) in [6.07, 6.45) is 0.892. The van der Waals surface area contributed by atoms with Crippen LogP contribution in [0.4, 0.5) is 0 Å². The molecule has 1 aromatic rings. The van der Waals surface area contributed by atoms with Crippen molar-refractivity contribution in [1.82, 2.24) is 5.32 Å². The predicted octanol–water partition coefficient (Wildman–Crippen LogP) is 2.68. The van der Waals surface area contributed by atoms with Crippen LogP contribution >= 0.6 is 0 Å². The molecule has 104 valence electrons. The minimum absolute atomic E-state index is 0.00495. The topological polar surface area (TPSA) is 47.6 Å². The van der Waals surface area contributed by atoms with Crippen LogP contribution in [0.1, 0.15) is 38.8 Å². The second-order valence-electron chi connectivity index (χ2n) is 5.18. The number of carbonyl (C=O) groups is 1. The Morgan fingerprint density at radius 1 is 1.21 bits per heavy atom. The summed E-state index contributed by atoms with van der Waals surface area (Å²) in [5.41, 5.74) is 1.05. The molecule has 1 heterocycles. The molecule has 1 aliphatic rings. The van der Waals surface area contributed by atoms with Gasteiger partial charge in [0.25, 0.3) is 0 Å². The van der Waals surface area contributed by atoms with Crippen LogP contribution < -0.4 is 14.8 Å². The molecule has 0 spiro atoms. The quantitative estimate of drug-likeness (QED) is 0.912. The molecule has 4 heteroatoms. The zero-order chi connectivity index (χ0) is 13.8. The van der Waals surface area contributed by atoms with Crippen molar-refractivity contribution in [3.05, 3.63) is 23.8 Å². The molecular formula is C15H21NO3. The largest absolute Gasteiger partial charge is 0.490 e. The maximum Gasteiger partial charge on any atom is 0.217 e. The van der Waals surface area contributed by atoms with Gasteiger partial charge in [-0.2, -0.15) is 0 Å². The first-order valence-corrected chi connectivity index (χ1v) is 6.74. The van der Waals surface area contributed by atoms with Gasteiger partial charge in [-0.1, -0.05) is 19.9 Å². The molecule has 0 aromatic heterocycles. The molecular weight excluding hydrogens is 242 g/mol. The zero-order valence-corrected chi connectivity index (χ0v) is 11.7. The third kappa shape index (κ3) is 3.40. The lowest BCUT2D eigenvalue weighted by atomic mass is 9.95. The number of amides is 1. The Balaban J connectivity index is 2.28. The van der Waals surface area contributed by atoms with E-state index in [2.05, 4.69) is 19.2 Å². The number of hydrogen-bond acceptors (Lipinski definition) is 3. The maximum atomic E-state index is 11.3. The van der Waals surface area contributed by atoms with Crippen molar-refractivity contribution in [1.29, 1.82) is 0 Å². The number of carbonyl (C=O) groups excluding carboxylic acids is 1. The number of rotatable bonds is 3. The van der Waals surface area contributed by atoms with E-state index < -0.39 is 0 Å². The standard InChI is InChI=1S/C15H21NO3/c1-10(2)15(16-11(3)17)12-5-6-13-14(9-12)19-8-4-7-18-13/h5-6,9-10,15H,4,7-8H2,1-3H3,(H,16,17)/t15-/m0/s1. The number of benzene rings is 1. The van der Waals surface area contributed by atoms with Gasteiger partial charge in [0.1, 0.15) is 0 Å². The molecule has 19 heavy (non-hydrogen) atoms. The van der Waals surface area contributed by atoms with Gasteiger partial charge in [0.05, 0.1) is 19.3 Å². The molecule has 0 bridgehead atoms. The van der Waals surface area contributed by atoms with E-state index in [1.807, 2.05) is 18.2 Å². The first-order chi connectivity index (χ1) is 9.08. The van der Waals surface area contributed by atoms with Crippen molar-refractivity contribution >= 4 is 5.91 Å². The van der Waals surface area contributed by atoms with E-state index in [9.17, 15) is 4.79 Å². The highest BCUT2D eigenvalue weighted by Gasteiger charge is 2.19. The Labute approximate surface area is 114 Å². The highest BCUT2D eigenvalue weighted by Crippen LogP contribution is 2.34. The fraction of sp³-hybridized carbons (Fsp3) is 0.533. The van der Waals surface area contributed by atoms with Crippen LogP contribution in [0.2, 0.25) is 0 Å². The number of ether oxygens (including phenoxy) is 2. The summed E-state index contributed by atoms with van der Waals surface area (Å²) in [7, 11) is 0. The minimum Gasteiger partial charge on any atom is -0.490 e. The highest BCUT2D eigenvalue weighted by molar-refractivity contribution is 5.73. The second-order valence-corrected chi connectivity index (χ2v) is 5.18. The summed E-state index contributed by atoms with van der Waals surface area (Å²) >= 11 is 0. The summed E-state index contributed by atoms with van der Waals surface area (Å²) < 4.78 is 11.3. The molecule has 1 amide bonds. The van der Waals surface area contributed by atoms with Gasteiger partial charge in [-0.25, -0.2) is 0 Å². The van der Waals surface area contributed by atoms with Crippen LogP contribution in [0.3, 0.4) is 0 Å². The molecule has 0 radical (unpaired) electrons. The Hall–Kier alpha value is -1.71. The molecule has 4 nitrogen and oxygen atoms in total. The average Bonchev–Trinajstić information content (AvgIpc) is 2.59. The lowest BCUT2D eigenvalue weighted by Gasteiger charge is -2.23. The summed E-state index contributed by atoms with van der Waals surface area (Å²) in [4.78, 5) is 11.3. The molecule has 1 N–H and O–H groups in total. The van der Waals surface area contributed by atoms with E-state index in [4.69, 9.17) is 9.47 Å². The molecule has 2 rings (SSSR count). The van der Waals surface area contributed by atoms with Gasteiger partial charge >= 0.3 is 0 Å². The molecule has 0 saturated heterocycles. The van der Waals surface area contributed by atoms with Gasteiger partial charge in [0, 0.05) is 13.3 Å². The summed E-state index contributed by atoms with van der Waals surface area (Å²) in [6.45, 7) is 7.07. The molecule has 1 atom stereocenters. The van der Waals surface area contributed by atoms with Crippen molar-refractivity contribution in [3.8, 4) is 11.5 Å². The molecule has 1 aliphatic heterocycles. The van der Waals surface area contributed by atoms with Crippen LogP contribution in [0, 0.1) is 5.92 Å². The van der Waals surface area contributed by atoms with E-state index in [0.29, 0.717) is 19.1 Å². The van der Waals surface area contributed by atoms with Gasteiger partial charge in [-0.15, -0.1) is 0 Å². The fourth-order valence-corrected chi connectivity index (χ4v) is 2.23. The number of hydrogen-bond donors (Lipinski definition) is 1. The van der Waals surface area contributed by atoms with Crippen LogP contribution in [-0.4, -0.2) is 19.1 Å². The smallest absolute Gasteiger partial charge is 0.217 e. The lowest BCUT2D eigenvalue weighted by molar-refractivity contribution is -0.120. The number of fused-ring (bicyclic) bond motifs is 1. The average molecular weight is 263 g/mol.